The fourth-order valence-corrected chi connectivity index (χ4v) is 2.60. The van der Waals surface area contributed by atoms with Crippen LogP contribution in [0.5, 0.6) is 0 Å². The lowest BCUT2D eigenvalue weighted by atomic mass is 9.88. The van der Waals surface area contributed by atoms with Crippen LogP contribution in [0.4, 0.5) is 0 Å². The second-order valence-electron chi connectivity index (χ2n) is 4.62. The molecule has 1 aliphatic carbocycles. The third kappa shape index (κ3) is 1.35. The summed E-state index contributed by atoms with van der Waals surface area (Å²) in [5.41, 5.74) is 2.39. The minimum Gasteiger partial charge on any atom is -0.381 e. The predicted octanol–water partition coefficient (Wildman–Crippen LogP) is 2.00. The van der Waals surface area contributed by atoms with Gasteiger partial charge in [0.25, 0.3) is 0 Å². The summed E-state index contributed by atoms with van der Waals surface area (Å²) in [6.07, 6.45) is 2.53. The van der Waals surface area contributed by atoms with Crippen LogP contribution in [0, 0.1) is 5.41 Å². The van der Waals surface area contributed by atoms with Crippen LogP contribution in [-0.2, 0) is 11.3 Å². The van der Waals surface area contributed by atoms with Crippen LogP contribution in [0.2, 0.25) is 0 Å². The molecule has 0 unspecified atom stereocenters. The molecule has 0 aromatic heterocycles. The molecule has 3 rings (SSSR count). The number of fused-ring (bicyclic) bond motifs is 1. The van der Waals surface area contributed by atoms with Crippen LogP contribution in [0.25, 0.3) is 0 Å². The van der Waals surface area contributed by atoms with Gasteiger partial charge in [-0.1, -0.05) is 24.3 Å². The number of nitrogens with one attached hydrogen (secondary N) is 1. The molecule has 84 valence electrons. The largest absolute Gasteiger partial charge is 0.381 e. The van der Waals surface area contributed by atoms with Crippen molar-refractivity contribution < 1.29 is 4.74 Å². The van der Waals surface area contributed by atoms with Crippen molar-refractivity contribution in [2.24, 2.45) is 0 Å². The summed E-state index contributed by atoms with van der Waals surface area (Å²) >= 11 is 0. The van der Waals surface area contributed by atoms with Crippen molar-refractivity contribution in [2.75, 3.05) is 7.11 Å². The zero-order valence-corrected chi connectivity index (χ0v) is 9.44. The summed E-state index contributed by atoms with van der Waals surface area (Å²) in [5, 5.41) is 8.16. The minimum atomic E-state index is 0.404. The van der Waals surface area contributed by atoms with Gasteiger partial charge in [-0.15, -0.1) is 0 Å². The Labute approximate surface area is 95.5 Å². The molecule has 0 bridgehead atoms. The highest BCUT2D eigenvalue weighted by Gasteiger charge is 2.38. The van der Waals surface area contributed by atoms with E-state index < -0.39 is 0 Å². The van der Waals surface area contributed by atoms with E-state index in [0.29, 0.717) is 18.0 Å². The first-order chi connectivity index (χ1) is 7.79. The summed E-state index contributed by atoms with van der Waals surface area (Å²) in [6, 6.07) is 8.73. The fourth-order valence-electron chi connectivity index (χ4n) is 2.60. The molecule has 1 aliphatic heterocycles. The second-order valence-corrected chi connectivity index (χ2v) is 4.62. The summed E-state index contributed by atoms with van der Waals surface area (Å²) in [4.78, 5) is 2.21. The Balaban J connectivity index is 1.76. The molecule has 1 saturated carbocycles. The predicted molar refractivity (Wildman–Crippen MR) is 62.6 cm³/mol. The lowest BCUT2D eigenvalue weighted by Crippen LogP contribution is -2.47. The van der Waals surface area contributed by atoms with Gasteiger partial charge < -0.3 is 9.64 Å². The van der Waals surface area contributed by atoms with E-state index >= 15 is 0 Å². The summed E-state index contributed by atoms with van der Waals surface area (Å²) in [7, 11) is 1.77. The second kappa shape index (κ2) is 3.59. The molecule has 1 N–H and O–H groups in total. The molecule has 0 spiro atoms. The monoisotopic (exact) mass is 216 g/mol. The van der Waals surface area contributed by atoms with Crippen molar-refractivity contribution in [3.63, 3.8) is 0 Å². The van der Waals surface area contributed by atoms with Crippen molar-refractivity contribution in [1.82, 2.24) is 4.90 Å². The van der Waals surface area contributed by atoms with Gasteiger partial charge in [-0.2, -0.15) is 0 Å². The summed E-state index contributed by atoms with van der Waals surface area (Å²) in [5.74, 6) is 0.690. The lowest BCUT2D eigenvalue weighted by Gasteiger charge is -2.41. The number of ether oxygens (including phenoxy) is 1. The number of rotatable bonds is 2. The van der Waals surface area contributed by atoms with E-state index in [4.69, 9.17) is 10.1 Å². The van der Waals surface area contributed by atoms with E-state index in [9.17, 15) is 0 Å². The number of benzene rings is 1. The van der Waals surface area contributed by atoms with Gasteiger partial charge in [0.1, 0.15) is 5.84 Å². The van der Waals surface area contributed by atoms with Gasteiger partial charge in [-0.3, -0.25) is 5.41 Å². The maximum atomic E-state index is 8.16. The van der Waals surface area contributed by atoms with E-state index in [-0.39, 0.29) is 0 Å². The maximum Gasteiger partial charge on any atom is 0.128 e. The lowest BCUT2D eigenvalue weighted by molar-refractivity contribution is -0.00812. The molecular weight excluding hydrogens is 200 g/mol. The Hall–Kier alpha value is -1.35. The number of hydrogen-bond donors (Lipinski definition) is 1. The molecule has 3 nitrogen and oxygen atoms in total. The zero-order chi connectivity index (χ0) is 11.1. The number of amidine groups is 1. The van der Waals surface area contributed by atoms with E-state index in [2.05, 4.69) is 11.0 Å². The maximum absolute atomic E-state index is 8.16. The highest BCUT2D eigenvalue weighted by Crippen LogP contribution is 2.33. The SMILES string of the molecule is COC1CC(N2Cc3ccccc3C2=N)C1. The average molecular weight is 216 g/mol. The van der Waals surface area contributed by atoms with Crippen molar-refractivity contribution in [2.45, 2.75) is 31.5 Å². The van der Waals surface area contributed by atoms with Crippen LogP contribution in [0.3, 0.4) is 0 Å². The number of hydrogen-bond acceptors (Lipinski definition) is 2. The Bertz CT molecular complexity index is 424. The van der Waals surface area contributed by atoms with E-state index in [1.165, 1.54) is 5.56 Å². The quantitative estimate of drug-likeness (QED) is 0.821. The van der Waals surface area contributed by atoms with Crippen LogP contribution < -0.4 is 0 Å². The average Bonchev–Trinajstić information content (AvgIpc) is 2.56. The Morgan fingerprint density at radius 1 is 1.31 bits per heavy atom. The highest BCUT2D eigenvalue weighted by molar-refractivity contribution is 6.00. The molecule has 2 aliphatic rings. The first kappa shape index (κ1) is 9.85. The van der Waals surface area contributed by atoms with Gasteiger partial charge in [0.15, 0.2) is 0 Å². The first-order valence-corrected chi connectivity index (χ1v) is 5.76. The molecule has 16 heavy (non-hydrogen) atoms. The van der Waals surface area contributed by atoms with Gasteiger partial charge in [0.2, 0.25) is 0 Å². The standard InChI is InChI=1S/C13H16N2O/c1-16-11-6-10(7-11)15-8-9-4-2-3-5-12(9)13(15)14/h2-5,10-11,14H,6-8H2,1H3. The number of nitrogens with zero attached hydrogens (tertiary/aromatic N) is 1. The fraction of sp³-hybridized carbons (Fsp3) is 0.462. The molecule has 1 fully saturated rings. The van der Waals surface area contributed by atoms with Gasteiger partial charge >= 0.3 is 0 Å². The molecule has 0 radical (unpaired) electrons. The molecular formula is C13H16N2O. The minimum absolute atomic E-state index is 0.404. The van der Waals surface area contributed by atoms with Crippen molar-refractivity contribution in [3.05, 3.63) is 35.4 Å². The van der Waals surface area contributed by atoms with Gasteiger partial charge in [-0.05, 0) is 18.4 Å². The third-order valence-corrected chi connectivity index (χ3v) is 3.74. The van der Waals surface area contributed by atoms with Crippen LogP contribution >= 0.6 is 0 Å². The normalized spacial score (nSPS) is 27.8. The molecule has 0 atom stereocenters. The molecule has 1 aromatic rings. The summed E-state index contributed by atoms with van der Waals surface area (Å²) < 4.78 is 5.29. The highest BCUT2D eigenvalue weighted by atomic mass is 16.5. The molecule has 1 aromatic carbocycles. The zero-order valence-electron chi connectivity index (χ0n) is 9.44. The topological polar surface area (TPSA) is 36.3 Å². The van der Waals surface area contributed by atoms with Crippen LogP contribution in [0.1, 0.15) is 24.0 Å². The van der Waals surface area contributed by atoms with Gasteiger partial charge in [0, 0.05) is 25.3 Å². The van der Waals surface area contributed by atoms with Crippen molar-refractivity contribution in [1.29, 1.82) is 5.41 Å². The Kier molecular flexibility index (Phi) is 2.21. The Morgan fingerprint density at radius 2 is 2.06 bits per heavy atom. The Morgan fingerprint density at radius 3 is 2.75 bits per heavy atom. The van der Waals surface area contributed by atoms with E-state index in [0.717, 1.165) is 24.9 Å². The van der Waals surface area contributed by atoms with Gasteiger partial charge in [0.05, 0.1) is 6.10 Å². The van der Waals surface area contributed by atoms with Crippen LogP contribution in [0.15, 0.2) is 24.3 Å². The van der Waals surface area contributed by atoms with Gasteiger partial charge in [-0.25, -0.2) is 0 Å². The molecule has 3 heteroatoms. The molecule has 1 heterocycles. The van der Waals surface area contributed by atoms with E-state index in [1.807, 2.05) is 18.2 Å². The smallest absolute Gasteiger partial charge is 0.128 e. The molecule has 0 saturated heterocycles. The van der Waals surface area contributed by atoms with Crippen LogP contribution in [-0.4, -0.2) is 30.0 Å². The number of methoxy groups -OCH3 is 1. The van der Waals surface area contributed by atoms with Crippen molar-refractivity contribution in [3.8, 4) is 0 Å². The summed E-state index contributed by atoms with van der Waals surface area (Å²) in [6.45, 7) is 0.899. The molecule has 0 amide bonds. The first-order valence-electron chi connectivity index (χ1n) is 5.76. The van der Waals surface area contributed by atoms with Crippen molar-refractivity contribution >= 4 is 5.84 Å². The van der Waals surface area contributed by atoms with E-state index in [1.54, 1.807) is 7.11 Å². The third-order valence-electron chi connectivity index (χ3n) is 3.74.